The maximum atomic E-state index is 6.10. The van der Waals surface area contributed by atoms with Gasteiger partial charge in [0.25, 0.3) is 0 Å². The Morgan fingerprint density at radius 2 is 2.00 bits per heavy atom. The highest BCUT2D eigenvalue weighted by molar-refractivity contribution is 5.86. The Bertz CT molecular complexity index is 790. The zero-order valence-electron chi connectivity index (χ0n) is 11.8. The van der Waals surface area contributed by atoms with Gasteiger partial charge in [-0.2, -0.15) is 0 Å². The molecule has 4 nitrogen and oxygen atoms in total. The first kappa shape index (κ1) is 12.5. The van der Waals surface area contributed by atoms with E-state index < -0.39 is 0 Å². The summed E-state index contributed by atoms with van der Waals surface area (Å²) in [6.45, 7) is 2.09. The standard InChI is InChI=1S/C16H17N3O/c1-10-5-4-6-14-15(10)19(2)16(18-14)12-9-11(20-3)7-8-13(12)17/h4-9H,17H2,1-3H3. The van der Waals surface area contributed by atoms with Crippen molar-refractivity contribution in [2.24, 2.45) is 7.05 Å². The van der Waals surface area contributed by atoms with Gasteiger partial charge in [0.2, 0.25) is 0 Å². The van der Waals surface area contributed by atoms with Crippen LogP contribution in [-0.4, -0.2) is 16.7 Å². The van der Waals surface area contributed by atoms with Crippen LogP contribution in [0.1, 0.15) is 5.56 Å². The van der Waals surface area contributed by atoms with Crippen molar-refractivity contribution in [2.45, 2.75) is 6.92 Å². The van der Waals surface area contributed by atoms with Crippen LogP contribution < -0.4 is 10.5 Å². The molecule has 0 unspecified atom stereocenters. The van der Waals surface area contributed by atoms with Crippen LogP contribution >= 0.6 is 0 Å². The van der Waals surface area contributed by atoms with Crippen molar-refractivity contribution in [3.8, 4) is 17.1 Å². The van der Waals surface area contributed by atoms with E-state index in [0.717, 1.165) is 28.2 Å². The molecule has 0 aliphatic rings. The lowest BCUT2D eigenvalue weighted by Gasteiger charge is -2.08. The predicted molar refractivity (Wildman–Crippen MR) is 81.9 cm³/mol. The second-order valence-electron chi connectivity index (χ2n) is 4.89. The fraction of sp³-hybridized carbons (Fsp3) is 0.188. The van der Waals surface area contributed by atoms with E-state index in [-0.39, 0.29) is 0 Å². The highest BCUT2D eigenvalue weighted by atomic mass is 16.5. The Kier molecular flexibility index (Phi) is 2.86. The second-order valence-corrected chi connectivity index (χ2v) is 4.89. The molecule has 2 aromatic carbocycles. The van der Waals surface area contributed by atoms with Gasteiger partial charge in [0, 0.05) is 18.3 Å². The molecule has 102 valence electrons. The van der Waals surface area contributed by atoms with Crippen molar-refractivity contribution in [1.29, 1.82) is 0 Å². The number of hydrogen-bond donors (Lipinski definition) is 1. The Balaban J connectivity index is 2.30. The molecule has 3 rings (SSSR count). The SMILES string of the molecule is COc1ccc(N)c(-c2nc3cccc(C)c3n2C)c1. The number of benzene rings is 2. The smallest absolute Gasteiger partial charge is 0.143 e. The Morgan fingerprint density at radius 3 is 2.70 bits per heavy atom. The van der Waals surface area contributed by atoms with E-state index in [4.69, 9.17) is 15.5 Å². The predicted octanol–water partition coefficient (Wildman–Crippen LogP) is 3.14. The van der Waals surface area contributed by atoms with E-state index >= 15 is 0 Å². The summed E-state index contributed by atoms with van der Waals surface area (Å²) in [5.41, 5.74) is 11.0. The monoisotopic (exact) mass is 267 g/mol. The molecule has 0 fully saturated rings. The summed E-state index contributed by atoms with van der Waals surface area (Å²) in [5.74, 6) is 1.63. The third-order valence-electron chi connectivity index (χ3n) is 3.60. The topological polar surface area (TPSA) is 53.1 Å². The molecule has 0 atom stereocenters. The number of aryl methyl sites for hydroxylation is 2. The number of para-hydroxylation sites is 1. The molecule has 0 spiro atoms. The Morgan fingerprint density at radius 1 is 1.20 bits per heavy atom. The number of fused-ring (bicyclic) bond motifs is 1. The van der Waals surface area contributed by atoms with Gasteiger partial charge in [-0.1, -0.05) is 12.1 Å². The van der Waals surface area contributed by atoms with E-state index in [9.17, 15) is 0 Å². The molecule has 1 heterocycles. The summed E-state index contributed by atoms with van der Waals surface area (Å²) in [7, 11) is 3.66. The molecule has 0 amide bonds. The minimum atomic E-state index is 0.696. The van der Waals surface area contributed by atoms with Crippen LogP contribution in [0.2, 0.25) is 0 Å². The summed E-state index contributed by atoms with van der Waals surface area (Å²) in [6, 6.07) is 11.7. The molecule has 1 aromatic heterocycles. The van der Waals surface area contributed by atoms with Gasteiger partial charge in [-0.15, -0.1) is 0 Å². The number of nitrogens with two attached hydrogens (primary N) is 1. The molecule has 4 heteroatoms. The van der Waals surface area contributed by atoms with Gasteiger partial charge in [0.05, 0.1) is 18.1 Å². The zero-order chi connectivity index (χ0) is 14.3. The largest absolute Gasteiger partial charge is 0.497 e. The quantitative estimate of drug-likeness (QED) is 0.726. The Labute approximate surface area is 117 Å². The third-order valence-corrected chi connectivity index (χ3v) is 3.60. The van der Waals surface area contributed by atoms with Gasteiger partial charge >= 0.3 is 0 Å². The molecule has 0 aliphatic carbocycles. The van der Waals surface area contributed by atoms with Gasteiger partial charge in [0.15, 0.2) is 0 Å². The van der Waals surface area contributed by atoms with E-state index in [1.54, 1.807) is 7.11 Å². The maximum Gasteiger partial charge on any atom is 0.143 e. The summed E-state index contributed by atoms with van der Waals surface area (Å²) in [6.07, 6.45) is 0. The van der Waals surface area contributed by atoms with Crippen molar-refractivity contribution in [1.82, 2.24) is 9.55 Å². The van der Waals surface area contributed by atoms with Gasteiger partial charge in [-0.25, -0.2) is 4.98 Å². The van der Waals surface area contributed by atoms with E-state index in [0.29, 0.717) is 5.69 Å². The van der Waals surface area contributed by atoms with Gasteiger partial charge in [-0.3, -0.25) is 0 Å². The highest BCUT2D eigenvalue weighted by Gasteiger charge is 2.14. The number of methoxy groups -OCH3 is 1. The van der Waals surface area contributed by atoms with E-state index in [1.165, 1.54) is 5.56 Å². The number of ether oxygens (including phenoxy) is 1. The molecule has 0 radical (unpaired) electrons. The molecule has 20 heavy (non-hydrogen) atoms. The maximum absolute atomic E-state index is 6.10. The van der Waals surface area contributed by atoms with Crippen molar-refractivity contribution in [2.75, 3.05) is 12.8 Å². The lowest BCUT2D eigenvalue weighted by molar-refractivity contribution is 0.415. The fourth-order valence-corrected chi connectivity index (χ4v) is 2.56. The molecule has 0 saturated heterocycles. The van der Waals surface area contributed by atoms with Crippen molar-refractivity contribution in [3.05, 3.63) is 42.0 Å². The molecule has 2 N–H and O–H groups in total. The normalized spacial score (nSPS) is 10.9. The zero-order valence-corrected chi connectivity index (χ0v) is 11.8. The average Bonchev–Trinajstić information content (AvgIpc) is 2.78. The number of aromatic nitrogens is 2. The van der Waals surface area contributed by atoms with Crippen LogP contribution in [0.15, 0.2) is 36.4 Å². The summed E-state index contributed by atoms with van der Waals surface area (Å²) in [5, 5.41) is 0. The van der Waals surface area contributed by atoms with E-state index in [2.05, 4.69) is 17.6 Å². The van der Waals surface area contributed by atoms with Crippen LogP contribution in [-0.2, 0) is 7.05 Å². The van der Waals surface area contributed by atoms with Crippen LogP contribution in [0.25, 0.3) is 22.4 Å². The number of nitrogen functional groups attached to an aromatic ring is 1. The number of imidazole rings is 1. The molecule has 0 saturated carbocycles. The van der Waals surface area contributed by atoms with Crippen molar-refractivity contribution >= 4 is 16.7 Å². The van der Waals surface area contributed by atoms with Crippen LogP contribution in [0, 0.1) is 6.92 Å². The first-order valence-electron chi connectivity index (χ1n) is 6.47. The van der Waals surface area contributed by atoms with Gasteiger partial charge in [-0.05, 0) is 36.8 Å². The number of rotatable bonds is 2. The molecule has 0 aliphatic heterocycles. The van der Waals surface area contributed by atoms with Crippen LogP contribution in [0.3, 0.4) is 0 Å². The lowest BCUT2D eigenvalue weighted by Crippen LogP contribution is -1.98. The van der Waals surface area contributed by atoms with E-state index in [1.807, 2.05) is 37.4 Å². The minimum Gasteiger partial charge on any atom is -0.497 e. The first-order chi connectivity index (χ1) is 9.61. The number of nitrogens with zero attached hydrogens (tertiary/aromatic N) is 2. The summed E-state index contributed by atoms with van der Waals surface area (Å²) in [4.78, 5) is 4.71. The Hall–Kier alpha value is -2.49. The minimum absolute atomic E-state index is 0.696. The molecular formula is C16H17N3O. The third kappa shape index (κ3) is 1.81. The second kappa shape index (κ2) is 4.56. The summed E-state index contributed by atoms with van der Waals surface area (Å²) < 4.78 is 7.36. The van der Waals surface area contributed by atoms with Crippen molar-refractivity contribution < 1.29 is 4.74 Å². The summed E-state index contributed by atoms with van der Waals surface area (Å²) >= 11 is 0. The fourth-order valence-electron chi connectivity index (χ4n) is 2.56. The van der Waals surface area contributed by atoms with Crippen molar-refractivity contribution in [3.63, 3.8) is 0 Å². The van der Waals surface area contributed by atoms with Gasteiger partial charge in [0.1, 0.15) is 11.6 Å². The lowest BCUT2D eigenvalue weighted by atomic mass is 10.1. The first-order valence-corrected chi connectivity index (χ1v) is 6.47. The average molecular weight is 267 g/mol. The number of anilines is 1. The number of hydrogen-bond acceptors (Lipinski definition) is 3. The highest BCUT2D eigenvalue weighted by Crippen LogP contribution is 2.31. The van der Waals surface area contributed by atoms with Gasteiger partial charge < -0.3 is 15.0 Å². The van der Waals surface area contributed by atoms with Crippen LogP contribution in [0.4, 0.5) is 5.69 Å². The van der Waals surface area contributed by atoms with Crippen LogP contribution in [0.5, 0.6) is 5.75 Å². The molecular weight excluding hydrogens is 250 g/mol. The molecule has 3 aromatic rings. The molecule has 0 bridgehead atoms.